The normalized spacial score (nSPS) is 16.3. The molecule has 5 rings (SSSR count). The monoisotopic (exact) mass is 420 g/mol. The van der Waals surface area contributed by atoms with Crippen LogP contribution in [0.2, 0.25) is 0 Å². The molecule has 1 fully saturated rings. The largest absolute Gasteiger partial charge is 0.333 e. The van der Waals surface area contributed by atoms with Crippen LogP contribution in [-0.2, 0) is 11.8 Å². The van der Waals surface area contributed by atoms with Crippen molar-refractivity contribution >= 4 is 39.2 Å². The molecule has 4 aromatic heterocycles. The summed E-state index contributed by atoms with van der Waals surface area (Å²) in [5.41, 5.74) is 3.55. The minimum atomic E-state index is 0.0198. The van der Waals surface area contributed by atoms with E-state index in [9.17, 15) is 4.79 Å². The Labute approximate surface area is 176 Å². The first-order valence-electron chi connectivity index (χ1n) is 9.70. The second kappa shape index (κ2) is 7.45. The fourth-order valence-electron chi connectivity index (χ4n) is 3.73. The summed E-state index contributed by atoms with van der Waals surface area (Å²) in [7, 11) is 1.88. The first-order valence-corrected chi connectivity index (χ1v) is 10.5. The van der Waals surface area contributed by atoms with Crippen LogP contribution in [0.5, 0.6) is 0 Å². The van der Waals surface area contributed by atoms with Crippen molar-refractivity contribution in [1.29, 1.82) is 0 Å². The lowest BCUT2D eigenvalue weighted by Gasteiger charge is -2.20. The molecule has 152 valence electrons. The summed E-state index contributed by atoms with van der Waals surface area (Å²) < 4.78 is 1.76. The third-order valence-electron chi connectivity index (χ3n) is 5.19. The molecule has 1 aliphatic rings. The van der Waals surface area contributed by atoms with Gasteiger partial charge in [0.2, 0.25) is 11.0 Å². The Bertz CT molecular complexity index is 1230. The summed E-state index contributed by atoms with van der Waals surface area (Å²) in [6.07, 6.45) is 7.49. The average molecular weight is 421 g/mol. The van der Waals surface area contributed by atoms with Crippen molar-refractivity contribution in [2.75, 3.05) is 11.9 Å². The molecule has 9 nitrogen and oxygen atoms in total. The van der Waals surface area contributed by atoms with E-state index in [0.29, 0.717) is 10.9 Å². The molecule has 0 radical (unpaired) electrons. The molecule has 0 saturated carbocycles. The lowest BCUT2D eigenvalue weighted by molar-refractivity contribution is -0.129. The van der Waals surface area contributed by atoms with Crippen LogP contribution in [0.1, 0.15) is 30.8 Å². The van der Waals surface area contributed by atoms with E-state index in [2.05, 4.69) is 30.6 Å². The predicted octanol–water partition coefficient (Wildman–Crippen LogP) is 3.31. The second-order valence-corrected chi connectivity index (χ2v) is 8.31. The van der Waals surface area contributed by atoms with Crippen LogP contribution in [0, 0.1) is 0 Å². The Balaban J connectivity index is 1.39. The highest BCUT2D eigenvalue weighted by molar-refractivity contribution is 7.15. The van der Waals surface area contributed by atoms with Crippen molar-refractivity contribution in [3.8, 4) is 11.1 Å². The Morgan fingerprint density at radius 3 is 2.90 bits per heavy atom. The molecule has 1 amide bonds. The SMILES string of the molecule is CC(=O)N1CCCC1c1nnc(Nc2ccc3ncc(-c4cnn(C)c4)cc3n2)s1. The van der Waals surface area contributed by atoms with Crippen LogP contribution in [0.3, 0.4) is 0 Å². The fraction of sp³-hybridized carbons (Fsp3) is 0.300. The molecule has 5 heterocycles. The summed E-state index contributed by atoms with van der Waals surface area (Å²) in [6.45, 7) is 2.38. The summed E-state index contributed by atoms with van der Waals surface area (Å²) in [5, 5.41) is 17.5. The smallest absolute Gasteiger partial charge is 0.220 e. The Kier molecular flexibility index (Phi) is 4.62. The van der Waals surface area contributed by atoms with Crippen molar-refractivity contribution in [3.05, 3.63) is 41.8 Å². The van der Waals surface area contributed by atoms with Gasteiger partial charge in [0.25, 0.3) is 0 Å². The van der Waals surface area contributed by atoms with Gasteiger partial charge in [0.1, 0.15) is 10.8 Å². The zero-order valence-electron chi connectivity index (χ0n) is 16.6. The molecule has 0 spiro atoms. The molecule has 0 bridgehead atoms. The van der Waals surface area contributed by atoms with Gasteiger partial charge in [0.15, 0.2) is 0 Å². The van der Waals surface area contributed by atoms with Gasteiger partial charge < -0.3 is 10.2 Å². The number of fused-ring (bicyclic) bond motifs is 1. The third kappa shape index (κ3) is 3.50. The highest BCUT2D eigenvalue weighted by Gasteiger charge is 2.30. The quantitative estimate of drug-likeness (QED) is 0.540. The van der Waals surface area contributed by atoms with Gasteiger partial charge in [0, 0.05) is 44.0 Å². The first-order chi connectivity index (χ1) is 14.6. The maximum Gasteiger partial charge on any atom is 0.220 e. The lowest BCUT2D eigenvalue weighted by Crippen LogP contribution is -2.27. The maximum atomic E-state index is 11.8. The number of aryl methyl sites for hydroxylation is 1. The van der Waals surface area contributed by atoms with E-state index in [4.69, 9.17) is 0 Å². The van der Waals surface area contributed by atoms with Gasteiger partial charge in [-0.1, -0.05) is 11.3 Å². The maximum absolute atomic E-state index is 11.8. The van der Waals surface area contributed by atoms with Crippen LogP contribution in [-0.4, -0.2) is 47.3 Å². The number of carbonyl (C=O) groups excluding carboxylic acids is 1. The molecular weight excluding hydrogens is 400 g/mol. The van der Waals surface area contributed by atoms with Gasteiger partial charge >= 0.3 is 0 Å². The molecule has 0 aliphatic carbocycles. The van der Waals surface area contributed by atoms with Crippen LogP contribution >= 0.6 is 11.3 Å². The standard InChI is InChI=1S/C20H20N8OS/c1-12(29)28-7-3-4-17(28)19-25-26-20(30-19)24-18-6-5-15-16(23-18)8-13(9-21-15)14-10-22-27(2)11-14/h5-6,8-11,17H,3-4,7H2,1-2H3,(H,23,24,26). The van der Waals surface area contributed by atoms with Gasteiger partial charge in [-0.15, -0.1) is 10.2 Å². The van der Waals surface area contributed by atoms with E-state index in [1.165, 1.54) is 11.3 Å². The van der Waals surface area contributed by atoms with E-state index in [1.54, 1.807) is 17.8 Å². The number of rotatable bonds is 4. The fourth-order valence-corrected chi connectivity index (χ4v) is 4.63. The van der Waals surface area contributed by atoms with Gasteiger partial charge in [-0.3, -0.25) is 14.5 Å². The third-order valence-corrected chi connectivity index (χ3v) is 6.13. The van der Waals surface area contributed by atoms with Crippen molar-refractivity contribution < 1.29 is 4.79 Å². The molecule has 1 unspecified atom stereocenters. The van der Waals surface area contributed by atoms with Gasteiger partial charge in [-0.05, 0) is 31.0 Å². The van der Waals surface area contributed by atoms with E-state index in [0.717, 1.165) is 46.6 Å². The molecule has 10 heteroatoms. The molecule has 1 N–H and O–H groups in total. The van der Waals surface area contributed by atoms with Crippen LogP contribution < -0.4 is 5.32 Å². The van der Waals surface area contributed by atoms with E-state index < -0.39 is 0 Å². The van der Waals surface area contributed by atoms with Gasteiger partial charge in [0.05, 0.1) is 23.3 Å². The summed E-state index contributed by atoms with van der Waals surface area (Å²) in [5.74, 6) is 0.750. The van der Waals surface area contributed by atoms with Crippen molar-refractivity contribution in [2.45, 2.75) is 25.8 Å². The number of hydrogen-bond acceptors (Lipinski definition) is 8. The van der Waals surface area contributed by atoms with Crippen LogP contribution in [0.25, 0.3) is 22.2 Å². The number of likely N-dealkylation sites (tertiary alicyclic amines) is 1. The highest BCUT2D eigenvalue weighted by atomic mass is 32.1. The highest BCUT2D eigenvalue weighted by Crippen LogP contribution is 2.35. The number of pyridine rings is 2. The number of nitrogens with zero attached hydrogens (tertiary/aromatic N) is 7. The zero-order valence-corrected chi connectivity index (χ0v) is 17.4. The van der Waals surface area contributed by atoms with E-state index in [1.807, 2.05) is 42.5 Å². The number of nitrogens with one attached hydrogen (secondary N) is 1. The summed E-state index contributed by atoms with van der Waals surface area (Å²) >= 11 is 1.46. The van der Waals surface area contributed by atoms with Crippen molar-refractivity contribution in [1.82, 2.24) is 34.8 Å². The summed E-state index contributed by atoms with van der Waals surface area (Å²) in [6, 6.07) is 5.82. The van der Waals surface area contributed by atoms with Gasteiger partial charge in [-0.25, -0.2) is 4.98 Å². The molecule has 1 atom stereocenters. The molecule has 1 saturated heterocycles. The average Bonchev–Trinajstić information content (AvgIpc) is 3.47. The number of aromatic nitrogens is 6. The minimum absolute atomic E-state index is 0.0198. The van der Waals surface area contributed by atoms with Crippen LogP contribution in [0.15, 0.2) is 36.8 Å². The van der Waals surface area contributed by atoms with E-state index >= 15 is 0 Å². The molecule has 1 aliphatic heterocycles. The van der Waals surface area contributed by atoms with Crippen molar-refractivity contribution in [3.63, 3.8) is 0 Å². The predicted molar refractivity (Wildman–Crippen MR) is 114 cm³/mol. The van der Waals surface area contributed by atoms with Crippen LogP contribution in [0.4, 0.5) is 10.9 Å². The number of amides is 1. The van der Waals surface area contributed by atoms with Gasteiger partial charge in [-0.2, -0.15) is 5.10 Å². The topological polar surface area (TPSA) is 102 Å². The minimum Gasteiger partial charge on any atom is -0.333 e. The number of carbonyl (C=O) groups is 1. The van der Waals surface area contributed by atoms with Crippen molar-refractivity contribution in [2.24, 2.45) is 7.05 Å². The lowest BCUT2D eigenvalue weighted by atomic mass is 10.1. The Morgan fingerprint density at radius 1 is 1.20 bits per heavy atom. The Morgan fingerprint density at radius 2 is 2.10 bits per heavy atom. The number of hydrogen-bond donors (Lipinski definition) is 1. The zero-order chi connectivity index (χ0) is 20.7. The molecule has 30 heavy (non-hydrogen) atoms. The first kappa shape index (κ1) is 18.6. The van der Waals surface area contributed by atoms with E-state index in [-0.39, 0.29) is 11.9 Å². The molecular formula is C20H20N8OS. The second-order valence-electron chi connectivity index (χ2n) is 7.30. The summed E-state index contributed by atoms with van der Waals surface area (Å²) in [4.78, 5) is 22.9. The molecule has 4 aromatic rings. The molecule has 0 aromatic carbocycles. The Hall–Kier alpha value is -3.40. The number of anilines is 2.